The zero-order valence-electron chi connectivity index (χ0n) is 9.09. The molecular weight excluding hydrogens is 176 g/mol. The van der Waals surface area contributed by atoms with Gasteiger partial charge in [0.05, 0.1) is 0 Å². The minimum atomic E-state index is 0.0606. The molecule has 1 atom stereocenters. The van der Waals surface area contributed by atoms with Crippen LogP contribution in [0.3, 0.4) is 0 Å². The molecule has 82 valence electrons. The molecule has 0 aromatic heterocycles. The topological polar surface area (TPSA) is 55.1 Å². The van der Waals surface area contributed by atoms with Crippen molar-refractivity contribution in [3.05, 3.63) is 0 Å². The molecule has 3 N–H and O–H groups in total. The maximum atomic E-state index is 11.3. The van der Waals surface area contributed by atoms with Gasteiger partial charge in [0.15, 0.2) is 0 Å². The molecule has 0 heterocycles. The van der Waals surface area contributed by atoms with Gasteiger partial charge in [0.25, 0.3) is 0 Å². The van der Waals surface area contributed by atoms with E-state index in [2.05, 4.69) is 5.32 Å². The molecule has 1 aliphatic carbocycles. The monoisotopic (exact) mass is 198 g/mol. The Kier molecular flexibility index (Phi) is 4.94. The van der Waals surface area contributed by atoms with Crippen LogP contribution in [0, 0.1) is 5.92 Å². The van der Waals surface area contributed by atoms with Crippen LogP contribution in [0.25, 0.3) is 0 Å². The predicted molar refractivity (Wildman–Crippen MR) is 57.9 cm³/mol. The van der Waals surface area contributed by atoms with Gasteiger partial charge in [-0.25, -0.2) is 0 Å². The van der Waals surface area contributed by atoms with E-state index in [0.717, 1.165) is 12.3 Å². The van der Waals surface area contributed by atoms with Crippen LogP contribution in [0.2, 0.25) is 0 Å². The number of hydrogen-bond acceptors (Lipinski definition) is 2. The van der Waals surface area contributed by atoms with E-state index < -0.39 is 0 Å². The van der Waals surface area contributed by atoms with E-state index in [1.807, 2.05) is 6.92 Å². The Morgan fingerprint density at radius 3 is 2.71 bits per heavy atom. The van der Waals surface area contributed by atoms with Crippen molar-refractivity contribution >= 4 is 5.91 Å². The normalized spacial score (nSPS) is 19.6. The zero-order valence-corrected chi connectivity index (χ0v) is 9.09. The van der Waals surface area contributed by atoms with Crippen LogP contribution in [-0.4, -0.2) is 18.5 Å². The molecule has 0 aliphatic heterocycles. The Hall–Kier alpha value is -0.570. The van der Waals surface area contributed by atoms with Gasteiger partial charge in [0.2, 0.25) is 5.91 Å². The van der Waals surface area contributed by atoms with Crippen LogP contribution in [0.1, 0.15) is 45.4 Å². The van der Waals surface area contributed by atoms with E-state index in [9.17, 15) is 4.79 Å². The second-order valence-electron chi connectivity index (χ2n) is 4.47. The average Bonchev–Trinajstić information content (AvgIpc) is 2.63. The molecule has 0 aromatic carbocycles. The van der Waals surface area contributed by atoms with Crippen LogP contribution in [0.15, 0.2) is 0 Å². The SMILES string of the molecule is CC(N)CNC(=O)CCC1CCCC1. The molecule has 0 saturated heterocycles. The number of nitrogens with two attached hydrogens (primary N) is 1. The minimum Gasteiger partial charge on any atom is -0.355 e. The molecule has 1 amide bonds. The third-order valence-corrected chi connectivity index (χ3v) is 2.88. The number of carbonyl (C=O) groups is 1. The highest BCUT2D eigenvalue weighted by molar-refractivity contribution is 5.75. The van der Waals surface area contributed by atoms with E-state index in [0.29, 0.717) is 13.0 Å². The Balaban J connectivity index is 2.02. The van der Waals surface area contributed by atoms with Gasteiger partial charge in [-0.15, -0.1) is 0 Å². The number of rotatable bonds is 5. The number of nitrogens with one attached hydrogen (secondary N) is 1. The maximum Gasteiger partial charge on any atom is 0.220 e. The lowest BCUT2D eigenvalue weighted by Gasteiger charge is -2.10. The fourth-order valence-electron chi connectivity index (χ4n) is 2.00. The van der Waals surface area contributed by atoms with Crippen molar-refractivity contribution in [3.8, 4) is 0 Å². The van der Waals surface area contributed by atoms with Crippen molar-refractivity contribution in [3.63, 3.8) is 0 Å². The minimum absolute atomic E-state index is 0.0606. The first-order valence-corrected chi connectivity index (χ1v) is 5.70. The maximum absolute atomic E-state index is 11.3. The lowest BCUT2D eigenvalue weighted by Crippen LogP contribution is -2.35. The molecule has 0 radical (unpaired) electrons. The lowest BCUT2D eigenvalue weighted by atomic mass is 10.0. The Morgan fingerprint density at radius 2 is 2.14 bits per heavy atom. The van der Waals surface area contributed by atoms with Crippen molar-refractivity contribution in [1.29, 1.82) is 0 Å². The number of amides is 1. The molecule has 1 fully saturated rings. The summed E-state index contributed by atoms with van der Waals surface area (Å²) in [5.74, 6) is 0.963. The quantitative estimate of drug-likeness (QED) is 0.702. The predicted octanol–water partition coefficient (Wildman–Crippen LogP) is 1.42. The molecule has 3 heteroatoms. The first-order valence-electron chi connectivity index (χ1n) is 5.70. The van der Waals surface area contributed by atoms with Gasteiger partial charge in [-0.2, -0.15) is 0 Å². The molecule has 0 bridgehead atoms. The van der Waals surface area contributed by atoms with Gasteiger partial charge in [-0.05, 0) is 19.3 Å². The number of hydrogen-bond donors (Lipinski definition) is 2. The summed E-state index contributed by atoms with van der Waals surface area (Å²) in [6.45, 7) is 2.50. The van der Waals surface area contributed by atoms with Crippen molar-refractivity contribution in [2.75, 3.05) is 6.54 Å². The summed E-state index contributed by atoms with van der Waals surface area (Å²) in [6, 6.07) is 0.0606. The lowest BCUT2D eigenvalue weighted by molar-refractivity contribution is -0.121. The van der Waals surface area contributed by atoms with Gasteiger partial charge in [0, 0.05) is 19.0 Å². The van der Waals surface area contributed by atoms with Crippen molar-refractivity contribution in [2.24, 2.45) is 11.7 Å². The smallest absolute Gasteiger partial charge is 0.220 e. The summed E-state index contributed by atoms with van der Waals surface area (Å²) in [4.78, 5) is 11.3. The largest absolute Gasteiger partial charge is 0.355 e. The fraction of sp³-hybridized carbons (Fsp3) is 0.909. The molecule has 1 unspecified atom stereocenters. The third kappa shape index (κ3) is 4.61. The summed E-state index contributed by atoms with van der Waals surface area (Å²) < 4.78 is 0. The highest BCUT2D eigenvalue weighted by atomic mass is 16.1. The molecule has 0 aromatic rings. The summed E-state index contributed by atoms with van der Waals surface area (Å²) in [5, 5.41) is 2.84. The fourth-order valence-corrected chi connectivity index (χ4v) is 2.00. The molecule has 3 nitrogen and oxygen atoms in total. The Morgan fingerprint density at radius 1 is 1.50 bits per heavy atom. The van der Waals surface area contributed by atoms with Crippen molar-refractivity contribution in [1.82, 2.24) is 5.32 Å². The van der Waals surface area contributed by atoms with Gasteiger partial charge in [-0.1, -0.05) is 25.7 Å². The summed E-state index contributed by atoms with van der Waals surface area (Å²) in [7, 11) is 0. The summed E-state index contributed by atoms with van der Waals surface area (Å²) in [5.41, 5.74) is 5.54. The van der Waals surface area contributed by atoms with Crippen LogP contribution in [-0.2, 0) is 4.79 Å². The third-order valence-electron chi connectivity index (χ3n) is 2.88. The molecule has 1 aliphatic rings. The van der Waals surface area contributed by atoms with Crippen LogP contribution >= 0.6 is 0 Å². The van der Waals surface area contributed by atoms with E-state index in [1.54, 1.807) is 0 Å². The number of carbonyl (C=O) groups excluding carboxylic acids is 1. The second kappa shape index (κ2) is 6.02. The molecular formula is C11H22N2O. The summed E-state index contributed by atoms with van der Waals surface area (Å²) in [6.07, 6.45) is 7.08. The molecule has 1 rings (SSSR count). The molecule has 0 spiro atoms. The Labute approximate surface area is 86.4 Å². The van der Waals surface area contributed by atoms with E-state index >= 15 is 0 Å². The zero-order chi connectivity index (χ0) is 10.4. The van der Waals surface area contributed by atoms with Crippen molar-refractivity contribution in [2.45, 2.75) is 51.5 Å². The first-order chi connectivity index (χ1) is 6.68. The van der Waals surface area contributed by atoms with Gasteiger partial charge >= 0.3 is 0 Å². The highest BCUT2D eigenvalue weighted by Gasteiger charge is 2.15. The van der Waals surface area contributed by atoms with Gasteiger partial charge in [0.1, 0.15) is 0 Å². The van der Waals surface area contributed by atoms with Crippen molar-refractivity contribution < 1.29 is 4.79 Å². The standard InChI is InChI=1S/C11H22N2O/c1-9(12)8-13-11(14)7-6-10-4-2-3-5-10/h9-10H,2-8,12H2,1H3,(H,13,14). The molecule has 14 heavy (non-hydrogen) atoms. The first kappa shape index (κ1) is 11.5. The summed E-state index contributed by atoms with van der Waals surface area (Å²) >= 11 is 0. The van der Waals surface area contributed by atoms with Crippen LogP contribution in [0.4, 0.5) is 0 Å². The Bertz CT molecular complexity index is 174. The van der Waals surface area contributed by atoms with Gasteiger partial charge in [-0.3, -0.25) is 4.79 Å². The second-order valence-corrected chi connectivity index (χ2v) is 4.47. The van der Waals surface area contributed by atoms with Crippen LogP contribution < -0.4 is 11.1 Å². The highest BCUT2D eigenvalue weighted by Crippen LogP contribution is 2.28. The van der Waals surface area contributed by atoms with E-state index in [-0.39, 0.29) is 11.9 Å². The van der Waals surface area contributed by atoms with Gasteiger partial charge < -0.3 is 11.1 Å². The average molecular weight is 198 g/mol. The van der Waals surface area contributed by atoms with Crippen LogP contribution in [0.5, 0.6) is 0 Å². The van der Waals surface area contributed by atoms with E-state index in [1.165, 1.54) is 25.7 Å². The van der Waals surface area contributed by atoms with E-state index in [4.69, 9.17) is 5.73 Å². The molecule has 1 saturated carbocycles.